The second-order valence-electron chi connectivity index (χ2n) is 18.5. The maximum absolute atomic E-state index is 17.7. The van der Waals surface area contributed by atoms with Crippen molar-refractivity contribution in [3.05, 3.63) is 77.9 Å². The third-order valence-corrected chi connectivity index (χ3v) is 16.6. The average Bonchev–Trinajstić information content (AvgIpc) is 3.78. The number of rotatable bonds is 16. The number of ether oxygens (including phenoxy) is 2. The number of hydrogen-bond donors (Lipinski definition) is 5. The lowest BCUT2D eigenvalue weighted by Crippen LogP contribution is -2.70. The van der Waals surface area contributed by atoms with E-state index in [9.17, 15) is 39.0 Å². The Hall–Kier alpha value is -4.26. The van der Waals surface area contributed by atoms with Gasteiger partial charge in [0.1, 0.15) is 12.8 Å². The summed E-state index contributed by atoms with van der Waals surface area (Å²) in [4.78, 5) is 77.8. The fraction of sp³-hybridized carbons (Fsp3) is 0.542. The molecule has 4 fully saturated rings. The Balaban J connectivity index is 0.942. The van der Waals surface area contributed by atoms with Crippen molar-refractivity contribution in [2.75, 3.05) is 24.7 Å². The number of carbonyl (C=O) groups is 6. The molecule has 17 heteroatoms. The number of thioether (sulfide) groups is 1. The Morgan fingerprint density at radius 3 is 2.26 bits per heavy atom. The Morgan fingerprint density at radius 2 is 1.62 bits per heavy atom. The van der Waals surface area contributed by atoms with Crippen LogP contribution in [0.4, 0.5) is 14.5 Å². The second kappa shape index (κ2) is 18.8. The molecule has 0 radical (unpaired) electrons. The topological polar surface area (TPSA) is 197 Å². The Labute approximate surface area is 385 Å². The lowest BCUT2D eigenvalue weighted by molar-refractivity contribution is -0.235. The third-order valence-electron chi connectivity index (χ3n) is 14.6. The van der Waals surface area contributed by atoms with E-state index >= 15 is 8.78 Å². The molecular weight excluding hydrogens is 881 g/mol. The summed E-state index contributed by atoms with van der Waals surface area (Å²) in [5.74, 6) is -4.67. The highest BCUT2D eigenvalue weighted by Gasteiger charge is 2.80. The van der Waals surface area contributed by atoms with Crippen molar-refractivity contribution in [3.8, 4) is 0 Å². The molecule has 7 rings (SSSR count). The van der Waals surface area contributed by atoms with Crippen LogP contribution >= 0.6 is 23.5 Å². The summed E-state index contributed by atoms with van der Waals surface area (Å²) in [6.45, 7) is 7.49. The molecule has 1 saturated heterocycles. The lowest BCUT2D eigenvalue weighted by atomic mass is 9.44. The smallest absolute Gasteiger partial charge is 0.232 e. The van der Waals surface area contributed by atoms with Crippen LogP contribution in [-0.2, 0) is 38.2 Å². The van der Waals surface area contributed by atoms with Crippen molar-refractivity contribution in [2.45, 2.75) is 124 Å². The van der Waals surface area contributed by atoms with Gasteiger partial charge in [-0.1, -0.05) is 43.8 Å². The Morgan fingerprint density at radius 1 is 0.954 bits per heavy atom. The van der Waals surface area contributed by atoms with Gasteiger partial charge in [-0.25, -0.2) is 8.78 Å². The molecule has 350 valence electrons. The van der Waals surface area contributed by atoms with E-state index in [0.29, 0.717) is 11.3 Å². The van der Waals surface area contributed by atoms with Crippen molar-refractivity contribution in [2.24, 2.45) is 28.6 Å². The van der Waals surface area contributed by atoms with Crippen LogP contribution in [-0.4, -0.2) is 106 Å². The monoisotopic (exact) mass is 937 g/mol. The molecule has 2 aromatic rings. The first kappa shape index (κ1) is 48.7. The number of anilines is 1. The minimum atomic E-state index is -2.34. The number of Topliss-reactive ketones (excluding diaryl/α,β-unsaturated/α-hetero) is 2. The number of aliphatic hydroxyl groups is 2. The molecule has 1 heterocycles. The molecule has 65 heavy (non-hydrogen) atoms. The van der Waals surface area contributed by atoms with Gasteiger partial charge in [-0.3, -0.25) is 28.8 Å². The maximum Gasteiger partial charge on any atom is 0.232 e. The first-order chi connectivity index (χ1) is 30.7. The zero-order valence-corrected chi connectivity index (χ0v) is 38.9. The van der Waals surface area contributed by atoms with Crippen LogP contribution < -0.4 is 16.0 Å². The number of amides is 3. The van der Waals surface area contributed by atoms with E-state index in [-0.39, 0.29) is 73.0 Å². The number of carbonyl (C=O) groups excluding carboxylic acids is 6. The van der Waals surface area contributed by atoms with Crippen LogP contribution in [0.1, 0.15) is 78.6 Å². The Bertz CT molecular complexity index is 2280. The molecule has 13 atom stereocenters. The molecule has 3 amide bonds. The van der Waals surface area contributed by atoms with Crippen LogP contribution in [0.2, 0.25) is 0 Å². The highest BCUT2D eigenvalue weighted by atomic mass is 32.2. The standard InChI is InChI=1S/C48H57F2N3O10S2/c1-25(19-37(56)26(2)52-41(59)16-18-51-43(61)27(3)64-6)42(60)53-29-9-13-32(14-10-29)65-31-11-7-28(8-12-31)44-62-40-22-33-34-21-36(49)35-20-30(55)15-17-45(35,4)47(34,50)38(57)23-46(33,5)48(40,63-44)39(58)24-54/h7-15,17,20,25-27,33-34,36,38,40,44,54,57H,16,18-19,21-24H2,1-6H3,(H,51,61)(H,52,59)(H,53,60)/t25-,26+,27?,33+,34+,36+,38+,40-,44-,45+,46+,47+,48-/m1/s1. The Kier molecular flexibility index (Phi) is 14.1. The number of aliphatic hydroxyl groups excluding tert-OH is 2. The van der Waals surface area contributed by atoms with Gasteiger partial charge in [0.05, 0.1) is 23.5 Å². The lowest BCUT2D eigenvalue weighted by Gasteiger charge is -2.63. The van der Waals surface area contributed by atoms with Gasteiger partial charge in [0.25, 0.3) is 0 Å². The van der Waals surface area contributed by atoms with Crippen LogP contribution in [0.3, 0.4) is 0 Å². The van der Waals surface area contributed by atoms with Gasteiger partial charge >= 0.3 is 0 Å². The first-order valence-electron chi connectivity index (χ1n) is 22.0. The molecule has 5 N–H and O–H groups in total. The second-order valence-corrected chi connectivity index (χ2v) is 20.8. The van der Waals surface area contributed by atoms with Gasteiger partial charge in [0.2, 0.25) is 17.7 Å². The summed E-state index contributed by atoms with van der Waals surface area (Å²) in [5.41, 5.74) is -5.78. The summed E-state index contributed by atoms with van der Waals surface area (Å²) < 4.78 is 46.7. The molecule has 2 aromatic carbocycles. The molecule has 3 saturated carbocycles. The highest BCUT2D eigenvalue weighted by Crippen LogP contribution is 2.72. The number of fused-ring (bicyclic) bond motifs is 7. The molecule has 0 bridgehead atoms. The minimum Gasteiger partial charge on any atom is -0.390 e. The zero-order valence-electron chi connectivity index (χ0n) is 37.2. The molecule has 4 aliphatic carbocycles. The van der Waals surface area contributed by atoms with E-state index in [4.69, 9.17) is 9.47 Å². The fourth-order valence-electron chi connectivity index (χ4n) is 10.9. The highest BCUT2D eigenvalue weighted by molar-refractivity contribution is 8.00. The molecule has 0 spiro atoms. The third kappa shape index (κ3) is 8.65. The summed E-state index contributed by atoms with van der Waals surface area (Å²) >= 11 is 2.85. The van der Waals surface area contributed by atoms with Gasteiger partial charge in [-0.15, -0.1) is 0 Å². The van der Waals surface area contributed by atoms with Crippen molar-refractivity contribution in [3.63, 3.8) is 0 Å². The molecule has 1 unspecified atom stereocenters. The van der Waals surface area contributed by atoms with Crippen LogP contribution in [0.25, 0.3) is 0 Å². The molecular formula is C48H57F2N3O10S2. The van der Waals surface area contributed by atoms with Gasteiger partial charge in [0, 0.05) is 63.1 Å². The predicted octanol–water partition coefficient (Wildman–Crippen LogP) is 5.78. The SMILES string of the molecule is CSC(C)C(=O)NCCC(=O)N[C@@H](C)C(=O)C[C@@H](C)C(=O)Nc1ccc(Sc2ccc([C@@H]3O[C@@H]4C[C@H]5[C@@H]6C[C@H](F)C7=CC(=O)C=C[C@]7(C)[C@@]6(F)[C@@H](O)C[C@]5(C)[C@]4(C(=O)CO)O3)cc2)cc1. The van der Waals surface area contributed by atoms with E-state index in [1.54, 1.807) is 52.0 Å². The predicted molar refractivity (Wildman–Crippen MR) is 240 cm³/mol. The van der Waals surface area contributed by atoms with Gasteiger partial charge < -0.3 is 35.6 Å². The summed E-state index contributed by atoms with van der Waals surface area (Å²) in [6, 6.07) is 13.7. The van der Waals surface area contributed by atoms with Crippen molar-refractivity contribution < 1.29 is 57.2 Å². The van der Waals surface area contributed by atoms with E-state index < -0.39 is 88.7 Å². The van der Waals surface area contributed by atoms with Crippen molar-refractivity contribution >= 4 is 64.3 Å². The maximum atomic E-state index is 17.7. The summed E-state index contributed by atoms with van der Waals surface area (Å²) in [6.07, 6.45) is -0.137. The van der Waals surface area contributed by atoms with E-state index in [1.807, 2.05) is 30.5 Å². The van der Waals surface area contributed by atoms with Crippen molar-refractivity contribution in [1.82, 2.24) is 10.6 Å². The molecule has 0 aromatic heterocycles. The van der Waals surface area contributed by atoms with E-state index in [2.05, 4.69) is 16.0 Å². The first-order valence-corrected chi connectivity index (χ1v) is 24.1. The number of nitrogens with one attached hydrogen (secondary N) is 3. The quantitative estimate of drug-likeness (QED) is 0.136. The number of benzene rings is 2. The largest absolute Gasteiger partial charge is 0.390 e. The van der Waals surface area contributed by atoms with Gasteiger partial charge in [-0.2, -0.15) is 11.8 Å². The summed E-state index contributed by atoms with van der Waals surface area (Å²) in [5, 5.41) is 30.0. The number of halogens is 2. The van der Waals surface area contributed by atoms with Crippen LogP contribution in [0.5, 0.6) is 0 Å². The zero-order chi connectivity index (χ0) is 47.2. The van der Waals surface area contributed by atoms with Crippen LogP contribution in [0, 0.1) is 28.6 Å². The fourth-order valence-corrected chi connectivity index (χ4v) is 12.0. The van der Waals surface area contributed by atoms with Crippen LogP contribution in [0.15, 0.2) is 82.1 Å². The number of ketones is 3. The molecule has 5 aliphatic rings. The number of allylic oxidation sites excluding steroid dienone is 4. The molecule has 1 aliphatic heterocycles. The van der Waals surface area contributed by atoms with Gasteiger partial charge in [0.15, 0.2) is 34.9 Å². The number of alkyl halides is 2. The summed E-state index contributed by atoms with van der Waals surface area (Å²) in [7, 11) is 0. The van der Waals surface area contributed by atoms with Gasteiger partial charge in [-0.05, 0) is 106 Å². The van der Waals surface area contributed by atoms with E-state index in [0.717, 1.165) is 15.9 Å². The molecule has 13 nitrogen and oxygen atoms in total. The number of hydrogen-bond acceptors (Lipinski definition) is 12. The normalized spacial score (nSPS) is 33.6. The average molecular weight is 938 g/mol. The van der Waals surface area contributed by atoms with Crippen molar-refractivity contribution in [1.29, 1.82) is 0 Å². The minimum absolute atomic E-state index is 0.00631. The van der Waals surface area contributed by atoms with E-state index in [1.165, 1.54) is 42.6 Å².